The number of furan rings is 1. The van der Waals surface area contributed by atoms with Crippen LogP contribution in [0.4, 0.5) is 4.39 Å². The molecule has 2 N–H and O–H groups in total. The van der Waals surface area contributed by atoms with Crippen LogP contribution in [0.5, 0.6) is 0 Å². The molecule has 0 atom stereocenters. The Morgan fingerprint density at radius 3 is 2.68 bits per heavy atom. The van der Waals surface area contributed by atoms with Gasteiger partial charge in [0.1, 0.15) is 16.4 Å². The summed E-state index contributed by atoms with van der Waals surface area (Å²) in [6.07, 6.45) is 3.07. The Morgan fingerprint density at radius 1 is 1.11 bits per heavy atom. The molecular weight excluding hydrogens is 385 g/mol. The first-order valence-corrected chi connectivity index (χ1v) is 9.94. The maximum absolute atomic E-state index is 13.6. The smallest absolute Gasteiger partial charge is 0.243 e. The molecule has 9 heteroatoms. The minimum absolute atomic E-state index is 0.0932. The molecule has 0 bridgehead atoms. The van der Waals surface area contributed by atoms with Gasteiger partial charge in [-0.15, -0.1) is 0 Å². The molecule has 0 saturated carbocycles. The van der Waals surface area contributed by atoms with E-state index in [9.17, 15) is 17.6 Å². The van der Waals surface area contributed by atoms with E-state index in [2.05, 4.69) is 15.0 Å². The maximum atomic E-state index is 13.6. The van der Waals surface area contributed by atoms with E-state index in [0.717, 1.165) is 17.7 Å². The van der Waals surface area contributed by atoms with Crippen LogP contribution in [-0.4, -0.2) is 25.9 Å². The average molecular weight is 403 g/mol. The molecule has 3 rings (SSSR count). The van der Waals surface area contributed by atoms with Crippen LogP contribution in [0.2, 0.25) is 0 Å². The van der Waals surface area contributed by atoms with Gasteiger partial charge in [-0.2, -0.15) is 0 Å². The van der Waals surface area contributed by atoms with Crippen molar-refractivity contribution in [1.29, 1.82) is 0 Å². The number of carbonyl (C=O) groups is 1. The lowest BCUT2D eigenvalue weighted by Crippen LogP contribution is -2.31. The summed E-state index contributed by atoms with van der Waals surface area (Å²) in [5.41, 5.74) is 1.38. The van der Waals surface area contributed by atoms with Crippen molar-refractivity contribution >= 4 is 15.9 Å². The minimum atomic E-state index is -4.02. The van der Waals surface area contributed by atoms with Crippen molar-refractivity contribution in [2.45, 2.75) is 17.9 Å². The predicted molar refractivity (Wildman–Crippen MR) is 100.0 cm³/mol. The van der Waals surface area contributed by atoms with Gasteiger partial charge in [-0.25, -0.2) is 17.5 Å². The van der Waals surface area contributed by atoms with E-state index >= 15 is 0 Å². The number of hydrogen-bond donors (Lipinski definition) is 2. The lowest BCUT2D eigenvalue weighted by atomic mass is 10.1. The van der Waals surface area contributed by atoms with Crippen LogP contribution in [0.3, 0.4) is 0 Å². The summed E-state index contributed by atoms with van der Waals surface area (Å²) in [5.74, 6) is -0.616. The maximum Gasteiger partial charge on any atom is 0.243 e. The van der Waals surface area contributed by atoms with E-state index in [1.807, 2.05) is 6.07 Å². The number of benzene rings is 1. The number of amides is 1. The molecule has 0 aliphatic carbocycles. The SMILES string of the molecule is O=C(CCNS(=O)(=O)c1ccccc1F)NCc1cccnc1-c1ccco1. The predicted octanol–water partition coefficient (Wildman–Crippen LogP) is 2.47. The van der Waals surface area contributed by atoms with Crippen molar-refractivity contribution in [3.8, 4) is 11.5 Å². The number of nitrogens with zero attached hydrogens (tertiary/aromatic N) is 1. The van der Waals surface area contributed by atoms with E-state index < -0.39 is 20.7 Å². The molecule has 7 nitrogen and oxygen atoms in total. The zero-order valence-corrected chi connectivity index (χ0v) is 15.6. The highest BCUT2D eigenvalue weighted by Gasteiger charge is 2.18. The van der Waals surface area contributed by atoms with E-state index in [1.54, 1.807) is 24.4 Å². The summed E-state index contributed by atoms with van der Waals surface area (Å²) in [5, 5.41) is 2.71. The molecule has 1 aromatic carbocycles. The quantitative estimate of drug-likeness (QED) is 0.602. The molecule has 0 aliphatic heterocycles. The Labute approximate surface area is 161 Å². The monoisotopic (exact) mass is 403 g/mol. The van der Waals surface area contributed by atoms with Gasteiger partial charge in [0.15, 0.2) is 5.76 Å². The normalized spacial score (nSPS) is 11.3. The third-order valence-electron chi connectivity index (χ3n) is 3.89. The largest absolute Gasteiger partial charge is 0.463 e. The molecule has 28 heavy (non-hydrogen) atoms. The fourth-order valence-electron chi connectivity index (χ4n) is 2.54. The highest BCUT2D eigenvalue weighted by Crippen LogP contribution is 2.21. The lowest BCUT2D eigenvalue weighted by Gasteiger charge is -2.09. The summed E-state index contributed by atoms with van der Waals surface area (Å²) < 4.78 is 45.4. The second kappa shape index (κ2) is 8.77. The molecular formula is C19H18FN3O4S. The molecule has 0 aliphatic rings. The van der Waals surface area contributed by atoms with E-state index in [0.29, 0.717) is 11.5 Å². The minimum Gasteiger partial charge on any atom is -0.463 e. The third-order valence-corrected chi connectivity index (χ3v) is 5.39. The first-order valence-electron chi connectivity index (χ1n) is 8.46. The summed E-state index contributed by atoms with van der Waals surface area (Å²) in [7, 11) is -4.02. The highest BCUT2D eigenvalue weighted by molar-refractivity contribution is 7.89. The topological polar surface area (TPSA) is 101 Å². The lowest BCUT2D eigenvalue weighted by molar-refractivity contribution is -0.121. The molecule has 0 saturated heterocycles. The van der Waals surface area contributed by atoms with Crippen LogP contribution >= 0.6 is 0 Å². The van der Waals surface area contributed by atoms with Gasteiger partial charge >= 0.3 is 0 Å². The number of aromatic nitrogens is 1. The Bertz CT molecular complexity index is 1050. The molecule has 2 heterocycles. The van der Waals surface area contributed by atoms with Crippen LogP contribution in [0.25, 0.3) is 11.5 Å². The Morgan fingerprint density at radius 2 is 1.93 bits per heavy atom. The van der Waals surface area contributed by atoms with Gasteiger partial charge in [0, 0.05) is 31.3 Å². The highest BCUT2D eigenvalue weighted by atomic mass is 32.2. The van der Waals surface area contributed by atoms with Crippen LogP contribution in [0.1, 0.15) is 12.0 Å². The molecule has 3 aromatic rings. The van der Waals surface area contributed by atoms with Crippen molar-refractivity contribution in [3.05, 3.63) is 72.4 Å². The van der Waals surface area contributed by atoms with Gasteiger partial charge in [0.2, 0.25) is 15.9 Å². The van der Waals surface area contributed by atoms with Crippen LogP contribution in [0.15, 0.2) is 70.3 Å². The fraction of sp³-hybridized carbons (Fsp3) is 0.158. The first kappa shape index (κ1) is 19.7. The molecule has 2 aromatic heterocycles. The van der Waals surface area contributed by atoms with Gasteiger partial charge in [0.25, 0.3) is 0 Å². The number of sulfonamides is 1. The van der Waals surface area contributed by atoms with E-state index in [-0.39, 0.29) is 25.4 Å². The van der Waals surface area contributed by atoms with Crippen LogP contribution in [0, 0.1) is 5.82 Å². The van der Waals surface area contributed by atoms with Gasteiger partial charge in [-0.1, -0.05) is 18.2 Å². The number of pyridine rings is 1. The second-order valence-electron chi connectivity index (χ2n) is 5.84. The van der Waals surface area contributed by atoms with Crippen LogP contribution < -0.4 is 10.0 Å². The van der Waals surface area contributed by atoms with Crippen molar-refractivity contribution in [2.75, 3.05) is 6.54 Å². The fourth-order valence-corrected chi connectivity index (χ4v) is 3.65. The Hall–Kier alpha value is -3.04. The van der Waals surface area contributed by atoms with E-state index in [1.165, 1.54) is 18.4 Å². The number of carbonyl (C=O) groups excluding carboxylic acids is 1. The van der Waals surface area contributed by atoms with Crippen molar-refractivity contribution < 1.29 is 22.0 Å². The standard InChI is InChI=1S/C19H18FN3O4S/c20-15-6-1-2-8-17(15)28(25,26)23-11-9-18(24)22-13-14-5-3-10-21-19(14)16-7-4-12-27-16/h1-8,10,12,23H,9,11,13H2,(H,22,24). The van der Waals surface area contributed by atoms with E-state index in [4.69, 9.17) is 4.42 Å². The molecule has 146 valence electrons. The summed E-state index contributed by atoms with van der Waals surface area (Å²) in [6, 6.07) is 12.1. The summed E-state index contributed by atoms with van der Waals surface area (Å²) in [6.45, 7) is 0.0589. The molecule has 0 spiro atoms. The molecule has 0 radical (unpaired) electrons. The Balaban J connectivity index is 1.53. The van der Waals surface area contributed by atoms with Gasteiger partial charge in [0.05, 0.1) is 6.26 Å². The Kier molecular flexibility index (Phi) is 6.17. The summed E-state index contributed by atoms with van der Waals surface area (Å²) >= 11 is 0. The number of nitrogens with one attached hydrogen (secondary N) is 2. The van der Waals surface area contributed by atoms with Crippen molar-refractivity contribution in [3.63, 3.8) is 0 Å². The van der Waals surface area contributed by atoms with Gasteiger partial charge < -0.3 is 9.73 Å². The molecule has 0 unspecified atom stereocenters. The summed E-state index contributed by atoms with van der Waals surface area (Å²) in [4.78, 5) is 15.9. The third kappa shape index (κ3) is 4.81. The average Bonchev–Trinajstić information content (AvgIpc) is 3.21. The first-order chi connectivity index (χ1) is 13.5. The zero-order chi connectivity index (χ0) is 20.0. The zero-order valence-electron chi connectivity index (χ0n) is 14.8. The number of rotatable bonds is 8. The van der Waals surface area contributed by atoms with Gasteiger partial charge in [-0.3, -0.25) is 9.78 Å². The molecule has 1 amide bonds. The van der Waals surface area contributed by atoms with Gasteiger partial charge in [-0.05, 0) is 30.3 Å². The number of halogens is 1. The van der Waals surface area contributed by atoms with Crippen molar-refractivity contribution in [1.82, 2.24) is 15.0 Å². The van der Waals surface area contributed by atoms with Crippen LogP contribution in [-0.2, 0) is 21.4 Å². The van der Waals surface area contributed by atoms with Crippen molar-refractivity contribution in [2.24, 2.45) is 0 Å². The number of hydrogen-bond acceptors (Lipinski definition) is 5. The second-order valence-corrected chi connectivity index (χ2v) is 7.58. The molecule has 0 fully saturated rings.